The number of fused-ring (bicyclic) bond motifs is 1. The van der Waals surface area contributed by atoms with E-state index in [1.807, 2.05) is 16.9 Å². The number of nitrogens with one attached hydrogen (secondary N) is 1. The molecule has 0 radical (unpaired) electrons. The van der Waals surface area contributed by atoms with Crippen molar-refractivity contribution in [1.29, 1.82) is 0 Å². The first-order valence-corrected chi connectivity index (χ1v) is 11.1. The van der Waals surface area contributed by atoms with Crippen LogP contribution in [0, 0.1) is 6.92 Å². The number of ether oxygens (including phenoxy) is 2. The highest BCUT2D eigenvalue weighted by molar-refractivity contribution is 5.85. The Hall–Kier alpha value is -2.42. The van der Waals surface area contributed by atoms with Gasteiger partial charge < -0.3 is 19.7 Å². The number of hydrogen-bond donors (Lipinski definition) is 1. The molecule has 2 saturated heterocycles. The highest BCUT2D eigenvalue weighted by Crippen LogP contribution is 2.32. The Balaban J connectivity index is 0.00000245. The molecular formula is C23H31ClN6O2. The van der Waals surface area contributed by atoms with Crippen LogP contribution >= 0.6 is 12.4 Å². The van der Waals surface area contributed by atoms with Gasteiger partial charge >= 0.3 is 6.01 Å². The Labute approximate surface area is 194 Å². The highest BCUT2D eigenvalue weighted by atomic mass is 35.5. The van der Waals surface area contributed by atoms with Crippen LogP contribution in [0.4, 0.5) is 5.82 Å². The minimum atomic E-state index is 0. The fourth-order valence-electron chi connectivity index (χ4n) is 4.75. The van der Waals surface area contributed by atoms with Crippen molar-refractivity contribution in [2.75, 3.05) is 44.8 Å². The lowest BCUT2D eigenvalue weighted by atomic mass is 9.87. The summed E-state index contributed by atoms with van der Waals surface area (Å²) >= 11 is 0. The van der Waals surface area contributed by atoms with Crippen LogP contribution in [0.15, 0.2) is 24.4 Å². The number of hydrogen-bond acceptors (Lipinski definition) is 7. The molecule has 172 valence electrons. The van der Waals surface area contributed by atoms with Crippen molar-refractivity contribution in [3.63, 3.8) is 0 Å². The van der Waals surface area contributed by atoms with Crippen molar-refractivity contribution in [1.82, 2.24) is 25.1 Å². The molecule has 2 aromatic heterocycles. The summed E-state index contributed by atoms with van der Waals surface area (Å²) in [5.41, 5.74) is 3.82. The lowest BCUT2D eigenvalue weighted by Crippen LogP contribution is -2.41. The fourth-order valence-corrected chi connectivity index (χ4v) is 4.75. The molecule has 1 N–H and O–H groups in total. The molecule has 2 aliphatic heterocycles. The third kappa shape index (κ3) is 4.40. The van der Waals surface area contributed by atoms with Crippen LogP contribution in [0.5, 0.6) is 6.01 Å². The molecule has 2 aliphatic rings. The zero-order chi connectivity index (χ0) is 21.4. The summed E-state index contributed by atoms with van der Waals surface area (Å²) in [6.07, 6.45) is 4.42. The monoisotopic (exact) mass is 458 g/mol. The summed E-state index contributed by atoms with van der Waals surface area (Å²) in [5.74, 6) is 2.14. The van der Waals surface area contributed by atoms with E-state index in [0.29, 0.717) is 18.5 Å². The van der Waals surface area contributed by atoms with Crippen molar-refractivity contribution in [3.8, 4) is 11.8 Å². The summed E-state index contributed by atoms with van der Waals surface area (Å²) in [4.78, 5) is 11.4. The molecule has 0 saturated carbocycles. The van der Waals surface area contributed by atoms with Crippen molar-refractivity contribution in [2.24, 2.45) is 0 Å². The first-order chi connectivity index (χ1) is 15.1. The molecule has 1 atom stereocenters. The number of morpholine rings is 1. The van der Waals surface area contributed by atoms with Crippen LogP contribution in [0.25, 0.3) is 16.7 Å². The van der Waals surface area contributed by atoms with Crippen molar-refractivity contribution < 1.29 is 9.47 Å². The van der Waals surface area contributed by atoms with Crippen LogP contribution in [-0.4, -0.2) is 65.7 Å². The number of halogens is 1. The summed E-state index contributed by atoms with van der Waals surface area (Å²) in [5, 5.41) is 9.27. The van der Waals surface area contributed by atoms with Gasteiger partial charge in [0.1, 0.15) is 5.82 Å². The van der Waals surface area contributed by atoms with E-state index < -0.39 is 0 Å². The highest BCUT2D eigenvalue weighted by Gasteiger charge is 2.22. The minimum Gasteiger partial charge on any atom is -0.467 e. The van der Waals surface area contributed by atoms with Crippen LogP contribution in [-0.2, 0) is 4.74 Å². The standard InChI is InChI=1S/C23H30N6O2.ClH/c1-15-10-18-13-25-29(20(18)11-19(15)17-4-6-24-7-5-17)22-12-21(26-23(27-22)30-3)28-8-9-31-16(2)14-28;/h10-13,16-17,24H,4-9,14H2,1-3H3;1H/t16-;/m0./s1. The normalized spacial score (nSPS) is 19.7. The fraction of sp³-hybridized carbons (Fsp3) is 0.522. The molecular weight excluding hydrogens is 428 g/mol. The number of benzene rings is 1. The Morgan fingerprint density at radius 2 is 1.91 bits per heavy atom. The van der Waals surface area contributed by atoms with Gasteiger partial charge in [-0.3, -0.25) is 0 Å². The van der Waals surface area contributed by atoms with Gasteiger partial charge in [0.2, 0.25) is 0 Å². The van der Waals surface area contributed by atoms with Gasteiger partial charge in [0, 0.05) is 24.5 Å². The van der Waals surface area contributed by atoms with Crippen molar-refractivity contribution >= 4 is 29.1 Å². The molecule has 8 nitrogen and oxygen atoms in total. The maximum atomic E-state index is 5.69. The van der Waals surface area contributed by atoms with Gasteiger partial charge in [-0.15, -0.1) is 12.4 Å². The minimum absolute atomic E-state index is 0. The van der Waals surface area contributed by atoms with Gasteiger partial charge in [-0.2, -0.15) is 15.1 Å². The van der Waals surface area contributed by atoms with Crippen LogP contribution in [0.3, 0.4) is 0 Å². The third-order valence-electron chi connectivity index (χ3n) is 6.38. The van der Waals surface area contributed by atoms with E-state index in [4.69, 9.17) is 9.47 Å². The smallest absolute Gasteiger partial charge is 0.320 e. The summed E-state index contributed by atoms with van der Waals surface area (Å²) in [6.45, 7) is 8.71. The second-order valence-electron chi connectivity index (χ2n) is 8.55. The lowest BCUT2D eigenvalue weighted by molar-refractivity contribution is 0.0529. The molecule has 0 unspecified atom stereocenters. The van der Waals surface area contributed by atoms with Crippen LogP contribution in [0.2, 0.25) is 0 Å². The predicted octanol–water partition coefficient (Wildman–Crippen LogP) is 3.25. The number of anilines is 1. The lowest BCUT2D eigenvalue weighted by Gasteiger charge is -2.32. The molecule has 4 heterocycles. The van der Waals surface area contributed by atoms with E-state index in [0.717, 1.165) is 48.7 Å². The predicted molar refractivity (Wildman–Crippen MR) is 128 cm³/mol. The molecule has 1 aromatic carbocycles. The molecule has 0 amide bonds. The number of piperidine rings is 1. The van der Waals surface area contributed by atoms with E-state index in [2.05, 4.69) is 51.3 Å². The number of nitrogens with zero attached hydrogens (tertiary/aromatic N) is 5. The number of methoxy groups -OCH3 is 1. The van der Waals surface area contributed by atoms with E-state index in [1.165, 1.54) is 24.0 Å². The van der Waals surface area contributed by atoms with Crippen molar-refractivity contribution in [2.45, 2.75) is 38.7 Å². The molecule has 9 heteroatoms. The quantitative estimate of drug-likeness (QED) is 0.643. The van der Waals surface area contributed by atoms with Gasteiger partial charge in [-0.25, -0.2) is 4.68 Å². The summed E-state index contributed by atoms with van der Waals surface area (Å²) < 4.78 is 13.0. The number of rotatable bonds is 4. The molecule has 0 aliphatic carbocycles. The van der Waals surface area contributed by atoms with Crippen LogP contribution in [0.1, 0.15) is 36.8 Å². The van der Waals surface area contributed by atoms with Crippen LogP contribution < -0.4 is 15.0 Å². The SMILES string of the molecule is COc1nc(N2CCO[C@@H](C)C2)cc(-n2ncc3cc(C)c(C4CCNCC4)cc32)n1.Cl. The molecule has 3 aromatic rings. The molecule has 5 rings (SSSR count). The Kier molecular flexibility index (Phi) is 6.83. The zero-order valence-corrected chi connectivity index (χ0v) is 19.7. The number of aryl methyl sites for hydroxylation is 1. The van der Waals surface area contributed by atoms with Gasteiger partial charge in [0.05, 0.1) is 31.5 Å². The Bertz CT molecular complexity index is 1080. The Morgan fingerprint density at radius 1 is 1.12 bits per heavy atom. The Morgan fingerprint density at radius 3 is 2.66 bits per heavy atom. The maximum Gasteiger partial charge on any atom is 0.320 e. The van der Waals surface area contributed by atoms with Gasteiger partial charge in [-0.05, 0) is 69.0 Å². The molecule has 0 spiro atoms. The van der Waals surface area contributed by atoms with E-state index in [9.17, 15) is 0 Å². The average molecular weight is 459 g/mol. The third-order valence-corrected chi connectivity index (χ3v) is 6.38. The second-order valence-corrected chi connectivity index (χ2v) is 8.55. The molecule has 0 bridgehead atoms. The second kappa shape index (κ2) is 9.60. The summed E-state index contributed by atoms with van der Waals surface area (Å²) in [7, 11) is 1.60. The first kappa shape index (κ1) is 22.8. The number of aromatic nitrogens is 4. The van der Waals surface area contributed by atoms with E-state index in [1.54, 1.807) is 7.11 Å². The van der Waals surface area contributed by atoms with E-state index in [-0.39, 0.29) is 18.5 Å². The van der Waals surface area contributed by atoms with E-state index >= 15 is 0 Å². The first-order valence-electron chi connectivity index (χ1n) is 11.1. The maximum absolute atomic E-state index is 5.69. The molecule has 2 fully saturated rings. The van der Waals surface area contributed by atoms with Gasteiger partial charge in [-0.1, -0.05) is 0 Å². The summed E-state index contributed by atoms with van der Waals surface area (Å²) in [6, 6.07) is 6.90. The molecule has 32 heavy (non-hydrogen) atoms. The van der Waals surface area contributed by atoms with Gasteiger partial charge in [0.25, 0.3) is 0 Å². The van der Waals surface area contributed by atoms with Gasteiger partial charge in [0.15, 0.2) is 5.82 Å². The zero-order valence-electron chi connectivity index (χ0n) is 18.9. The average Bonchev–Trinajstić information content (AvgIpc) is 3.21. The van der Waals surface area contributed by atoms with Crippen molar-refractivity contribution in [3.05, 3.63) is 35.5 Å². The largest absolute Gasteiger partial charge is 0.467 e. The topological polar surface area (TPSA) is 77.3 Å².